The summed E-state index contributed by atoms with van der Waals surface area (Å²) in [6.45, 7) is 15.0. The van der Waals surface area contributed by atoms with Crippen LogP contribution in [0.4, 0.5) is 0 Å². The van der Waals surface area contributed by atoms with Gasteiger partial charge in [-0.1, -0.05) is 0 Å². The van der Waals surface area contributed by atoms with Crippen molar-refractivity contribution < 1.29 is 19.4 Å². The van der Waals surface area contributed by atoms with Gasteiger partial charge in [0.1, 0.15) is 6.10 Å². The molecule has 0 spiro atoms. The molecular weight excluding hydrogens is 356 g/mol. The van der Waals surface area contributed by atoms with Crippen LogP contribution in [0, 0.1) is 11.8 Å². The molecule has 3 fully saturated rings. The minimum atomic E-state index is -0.885. The van der Waals surface area contributed by atoms with Crippen LogP contribution in [0.15, 0.2) is 0 Å². The Hall–Kier alpha value is -0.690. The molecule has 0 radical (unpaired) electrons. The topological polar surface area (TPSA) is 79.8 Å². The average molecular weight is 397 g/mol. The second kappa shape index (κ2) is 7.53. The van der Waals surface area contributed by atoms with E-state index in [9.17, 15) is 9.90 Å². The Kier molecular flexibility index (Phi) is 5.92. The van der Waals surface area contributed by atoms with E-state index < -0.39 is 6.29 Å². The van der Waals surface area contributed by atoms with Crippen LogP contribution in [0.5, 0.6) is 0 Å². The van der Waals surface area contributed by atoms with Gasteiger partial charge in [-0.25, -0.2) is 0 Å². The van der Waals surface area contributed by atoms with Crippen molar-refractivity contribution in [2.45, 2.75) is 122 Å². The Bertz CT molecular complexity index is 573. The molecule has 0 amide bonds. The number of esters is 1. The Morgan fingerprint density at radius 2 is 1.54 bits per heavy atom. The van der Waals surface area contributed by atoms with E-state index in [1.807, 2.05) is 0 Å². The van der Waals surface area contributed by atoms with E-state index in [0.29, 0.717) is 12.5 Å². The summed E-state index contributed by atoms with van der Waals surface area (Å²) in [5, 5.41) is 17.7. The summed E-state index contributed by atoms with van der Waals surface area (Å²) in [6, 6.07) is 0.354. The van der Waals surface area contributed by atoms with Gasteiger partial charge in [-0.3, -0.25) is 4.79 Å². The normalized spacial score (nSPS) is 37.9. The fraction of sp³-hybridized carbons (Fsp3) is 0.955. The molecule has 0 aromatic rings. The van der Waals surface area contributed by atoms with Crippen LogP contribution in [0.1, 0.15) is 80.6 Å². The Morgan fingerprint density at radius 1 is 0.964 bits per heavy atom. The summed E-state index contributed by atoms with van der Waals surface area (Å²) in [5.74, 6) is -0.544. The molecule has 0 bridgehead atoms. The Balaban J connectivity index is 1.48. The summed E-state index contributed by atoms with van der Waals surface area (Å²) < 4.78 is 11.8. The second-order valence-electron chi connectivity index (χ2n) is 11.4. The minimum absolute atomic E-state index is 0.00143. The number of rotatable bonds is 5. The molecule has 162 valence electrons. The highest BCUT2D eigenvalue weighted by molar-refractivity contribution is 5.76. The highest BCUT2D eigenvalue weighted by Crippen LogP contribution is 2.44. The Morgan fingerprint density at radius 3 is 2.11 bits per heavy atom. The summed E-state index contributed by atoms with van der Waals surface area (Å²) in [6.07, 6.45) is 3.05. The van der Waals surface area contributed by atoms with E-state index in [-0.39, 0.29) is 46.6 Å². The number of aliphatic hydroxyl groups excluding tert-OH is 1. The fourth-order valence-electron chi connectivity index (χ4n) is 5.60. The molecule has 0 aromatic carbocycles. The van der Waals surface area contributed by atoms with Gasteiger partial charge >= 0.3 is 5.97 Å². The maximum atomic E-state index is 12.6. The smallest absolute Gasteiger partial charge is 0.309 e. The monoisotopic (exact) mass is 396 g/mol. The van der Waals surface area contributed by atoms with Gasteiger partial charge in [0.25, 0.3) is 0 Å². The molecule has 28 heavy (non-hydrogen) atoms. The van der Waals surface area contributed by atoms with Crippen molar-refractivity contribution in [3.63, 3.8) is 0 Å². The zero-order valence-corrected chi connectivity index (χ0v) is 18.7. The van der Waals surface area contributed by atoms with Crippen molar-refractivity contribution in [1.29, 1.82) is 0 Å². The maximum Gasteiger partial charge on any atom is 0.309 e. The number of carbonyl (C=O) groups is 1. The van der Waals surface area contributed by atoms with E-state index >= 15 is 0 Å². The predicted molar refractivity (Wildman–Crippen MR) is 109 cm³/mol. The van der Waals surface area contributed by atoms with Crippen LogP contribution in [0.3, 0.4) is 0 Å². The SMILES string of the molecule is CC1CC(OC(O)C2CC2C(=O)OC2CC(C)(C)NC(C)(C)C2)CC(C)(C)N1. The van der Waals surface area contributed by atoms with Gasteiger partial charge in [0, 0.05) is 41.4 Å². The number of nitrogens with one attached hydrogen (secondary N) is 2. The van der Waals surface area contributed by atoms with Gasteiger partial charge in [0.2, 0.25) is 0 Å². The van der Waals surface area contributed by atoms with Crippen LogP contribution in [-0.2, 0) is 14.3 Å². The van der Waals surface area contributed by atoms with Gasteiger partial charge in [-0.05, 0) is 67.7 Å². The first kappa shape index (κ1) is 22.0. The van der Waals surface area contributed by atoms with Gasteiger partial charge in [0.05, 0.1) is 12.0 Å². The third kappa shape index (κ3) is 5.68. The lowest BCUT2D eigenvalue weighted by molar-refractivity contribution is -0.172. The van der Waals surface area contributed by atoms with Crippen molar-refractivity contribution in [2.75, 3.05) is 0 Å². The molecule has 2 saturated heterocycles. The molecule has 2 aliphatic heterocycles. The van der Waals surface area contributed by atoms with Gasteiger partial charge in [-0.2, -0.15) is 0 Å². The standard InChI is InChI=1S/C22H40N2O4/c1-13-8-14(10-20(2,3)23-13)27-18(25)16-9-17(16)19(26)28-15-11-21(4,5)24-22(6,7)12-15/h13-18,23-25H,8-12H2,1-7H3. The van der Waals surface area contributed by atoms with Gasteiger partial charge < -0.3 is 25.2 Å². The summed E-state index contributed by atoms with van der Waals surface area (Å²) in [4.78, 5) is 12.6. The highest BCUT2D eigenvalue weighted by Gasteiger charge is 2.51. The van der Waals surface area contributed by atoms with Crippen LogP contribution in [-0.4, -0.2) is 52.2 Å². The van der Waals surface area contributed by atoms with Crippen molar-refractivity contribution in [3.05, 3.63) is 0 Å². The lowest BCUT2D eigenvalue weighted by atomic mass is 9.81. The summed E-state index contributed by atoms with van der Waals surface area (Å²) in [7, 11) is 0. The van der Waals surface area contributed by atoms with Gasteiger partial charge in [-0.15, -0.1) is 0 Å². The molecule has 0 aromatic heterocycles. The molecule has 3 aliphatic rings. The number of hydrogen-bond acceptors (Lipinski definition) is 6. The first-order valence-electron chi connectivity index (χ1n) is 10.9. The van der Waals surface area contributed by atoms with E-state index in [1.165, 1.54) is 0 Å². The third-order valence-electron chi connectivity index (χ3n) is 6.27. The van der Waals surface area contributed by atoms with E-state index in [0.717, 1.165) is 25.7 Å². The van der Waals surface area contributed by atoms with Crippen molar-refractivity contribution in [2.24, 2.45) is 11.8 Å². The molecule has 5 atom stereocenters. The van der Waals surface area contributed by atoms with Crippen molar-refractivity contribution >= 4 is 5.97 Å². The fourth-order valence-corrected chi connectivity index (χ4v) is 5.60. The lowest BCUT2D eigenvalue weighted by Crippen LogP contribution is -2.59. The molecule has 3 rings (SSSR count). The largest absolute Gasteiger partial charge is 0.462 e. The molecular formula is C22H40N2O4. The van der Waals surface area contributed by atoms with Gasteiger partial charge in [0.15, 0.2) is 6.29 Å². The maximum absolute atomic E-state index is 12.6. The number of ether oxygens (including phenoxy) is 2. The first-order valence-corrected chi connectivity index (χ1v) is 10.9. The molecule has 6 nitrogen and oxygen atoms in total. The summed E-state index contributed by atoms with van der Waals surface area (Å²) >= 11 is 0. The van der Waals surface area contributed by atoms with Crippen LogP contribution in [0.25, 0.3) is 0 Å². The number of aliphatic hydroxyl groups is 1. The second-order valence-corrected chi connectivity index (χ2v) is 11.4. The predicted octanol–water partition coefficient (Wildman–Crippen LogP) is 2.73. The van der Waals surface area contributed by atoms with E-state index in [2.05, 4.69) is 59.1 Å². The average Bonchev–Trinajstić information content (AvgIpc) is 3.21. The number of hydrogen-bond donors (Lipinski definition) is 3. The Labute approximate surface area is 170 Å². The van der Waals surface area contributed by atoms with Crippen LogP contribution in [0.2, 0.25) is 0 Å². The van der Waals surface area contributed by atoms with E-state index in [1.54, 1.807) is 0 Å². The zero-order chi connectivity index (χ0) is 20.9. The van der Waals surface area contributed by atoms with Crippen molar-refractivity contribution in [1.82, 2.24) is 10.6 Å². The highest BCUT2D eigenvalue weighted by atomic mass is 16.6. The quantitative estimate of drug-likeness (QED) is 0.490. The molecule has 1 aliphatic carbocycles. The molecule has 3 N–H and O–H groups in total. The van der Waals surface area contributed by atoms with E-state index in [4.69, 9.17) is 9.47 Å². The minimum Gasteiger partial charge on any atom is -0.462 e. The van der Waals surface area contributed by atoms with Crippen LogP contribution < -0.4 is 10.6 Å². The first-order chi connectivity index (χ1) is 12.8. The van der Waals surface area contributed by atoms with Crippen molar-refractivity contribution in [3.8, 4) is 0 Å². The zero-order valence-electron chi connectivity index (χ0n) is 18.7. The third-order valence-corrected chi connectivity index (χ3v) is 6.27. The molecule has 1 saturated carbocycles. The molecule has 5 unspecified atom stereocenters. The number of piperidine rings is 2. The summed E-state index contributed by atoms with van der Waals surface area (Å²) in [5.41, 5.74) is -0.119. The molecule has 2 heterocycles. The number of carbonyl (C=O) groups excluding carboxylic acids is 1. The molecule has 6 heteroatoms. The van der Waals surface area contributed by atoms with Crippen LogP contribution >= 0.6 is 0 Å². The lowest BCUT2D eigenvalue weighted by Gasteiger charge is -2.45.